The number of hydrogen-bond acceptors (Lipinski definition) is 1. The zero-order valence-electron chi connectivity index (χ0n) is 31.6. The Hall–Kier alpha value is -6.51. The molecule has 2 aliphatic carbocycles. The maximum absolute atomic E-state index is 5.14. The number of rotatable bonds is 4. The van der Waals surface area contributed by atoms with E-state index >= 15 is 0 Å². The third-order valence-electron chi connectivity index (χ3n) is 12.5. The molecule has 0 bridgehead atoms. The summed E-state index contributed by atoms with van der Waals surface area (Å²) in [7, 11) is 0. The highest BCUT2D eigenvalue weighted by atomic mass is 15.0. The minimum atomic E-state index is -0.200. The molecule has 0 unspecified atom stereocenters. The molecule has 0 radical (unpaired) electrons. The van der Waals surface area contributed by atoms with Crippen molar-refractivity contribution in [1.82, 2.24) is 9.55 Å². The van der Waals surface area contributed by atoms with Gasteiger partial charge in [0.2, 0.25) is 0 Å². The second-order valence-corrected chi connectivity index (χ2v) is 16.3. The third-order valence-corrected chi connectivity index (χ3v) is 12.5. The normalized spacial score (nSPS) is 14.5. The van der Waals surface area contributed by atoms with Crippen LogP contribution in [0.5, 0.6) is 0 Å². The summed E-state index contributed by atoms with van der Waals surface area (Å²) in [4.78, 5) is 5.14. The summed E-state index contributed by atoms with van der Waals surface area (Å²) in [5.41, 5.74) is 21.1. The summed E-state index contributed by atoms with van der Waals surface area (Å²) in [6.45, 7) is 9.73. The molecule has 0 spiro atoms. The molecule has 2 nitrogen and oxygen atoms in total. The molecule has 11 rings (SSSR count). The van der Waals surface area contributed by atoms with Gasteiger partial charge in [0, 0.05) is 38.4 Å². The molecule has 2 aliphatic rings. The monoisotopic (exact) mass is 704 g/mol. The van der Waals surface area contributed by atoms with E-state index in [1.807, 2.05) is 0 Å². The maximum Gasteiger partial charge on any atom is 0.0715 e. The lowest BCUT2D eigenvalue weighted by Crippen LogP contribution is -2.19. The van der Waals surface area contributed by atoms with E-state index in [2.05, 4.69) is 202 Å². The van der Waals surface area contributed by atoms with E-state index in [4.69, 9.17) is 4.98 Å². The van der Waals surface area contributed by atoms with Gasteiger partial charge in [-0.3, -0.25) is 0 Å². The number of benzene rings is 7. The van der Waals surface area contributed by atoms with Crippen LogP contribution in [0.4, 0.5) is 0 Å². The van der Waals surface area contributed by atoms with Crippen LogP contribution < -0.4 is 0 Å². The molecular weight excluding hydrogens is 665 g/mol. The van der Waals surface area contributed by atoms with Gasteiger partial charge in [0.15, 0.2) is 0 Å². The fourth-order valence-corrected chi connectivity index (χ4v) is 10.0. The molecule has 0 amide bonds. The van der Waals surface area contributed by atoms with Crippen molar-refractivity contribution < 1.29 is 0 Å². The Morgan fingerprint density at radius 2 is 0.945 bits per heavy atom. The van der Waals surface area contributed by atoms with Crippen molar-refractivity contribution in [3.05, 3.63) is 192 Å². The topological polar surface area (TPSA) is 17.8 Å². The number of para-hydroxylation sites is 1. The second kappa shape index (κ2) is 11.5. The Bertz CT molecular complexity index is 2940. The van der Waals surface area contributed by atoms with E-state index in [0.29, 0.717) is 0 Å². The quantitative estimate of drug-likeness (QED) is 0.178. The van der Waals surface area contributed by atoms with Gasteiger partial charge in [-0.15, -0.1) is 0 Å². The number of aromatic nitrogens is 2. The third kappa shape index (κ3) is 4.46. The first-order chi connectivity index (χ1) is 26.8. The smallest absolute Gasteiger partial charge is 0.0715 e. The van der Waals surface area contributed by atoms with Crippen LogP contribution in [-0.2, 0) is 10.8 Å². The molecule has 7 aromatic carbocycles. The van der Waals surface area contributed by atoms with Gasteiger partial charge in [-0.1, -0.05) is 167 Å². The first-order valence-corrected chi connectivity index (χ1v) is 19.4. The summed E-state index contributed by atoms with van der Waals surface area (Å²) in [6, 6.07) is 62.0. The summed E-state index contributed by atoms with van der Waals surface area (Å²) < 4.78 is 2.56. The van der Waals surface area contributed by atoms with Gasteiger partial charge in [-0.2, -0.15) is 0 Å². The van der Waals surface area contributed by atoms with Crippen molar-refractivity contribution >= 4 is 21.8 Å². The summed E-state index contributed by atoms with van der Waals surface area (Å²) >= 11 is 0. The van der Waals surface area contributed by atoms with E-state index in [1.165, 1.54) is 66.3 Å². The van der Waals surface area contributed by atoms with E-state index in [-0.39, 0.29) is 10.8 Å². The highest BCUT2D eigenvalue weighted by molar-refractivity contribution is 6.22. The van der Waals surface area contributed by atoms with E-state index < -0.39 is 0 Å². The number of fused-ring (bicyclic) bond motifs is 12. The molecule has 55 heavy (non-hydrogen) atoms. The zero-order chi connectivity index (χ0) is 37.1. The highest BCUT2D eigenvalue weighted by Crippen LogP contribution is 2.63. The standard InChI is InChI=1S/C53H40N2/c1-52(2)41-24-14-11-21-38(41)46-47-40-23-13-16-26-45(40)55(51(47)50-48(49(46)52)39-22-12-15-25-42(39)53(50,3)4)37-29-27-33(28-30-37)36-31-43(34-17-7-5-8-18-34)54-44(32-36)35-19-9-6-10-20-35/h5-32H,1-4H3. The SMILES string of the molecule is CC1(C)c2ccccc2-c2c1c1c(c3c2c2ccccc2n3-c2ccc(-c3cc(-c4ccccc4)nc(-c4ccccc4)c3)cc2)C(C)(C)c2ccccc2-1. The first-order valence-electron chi connectivity index (χ1n) is 19.4. The van der Waals surface area contributed by atoms with Gasteiger partial charge in [-0.05, 0) is 86.0 Å². The number of nitrogens with zero attached hydrogens (tertiary/aromatic N) is 2. The maximum atomic E-state index is 5.14. The van der Waals surface area contributed by atoms with Crippen LogP contribution in [0.3, 0.4) is 0 Å². The summed E-state index contributed by atoms with van der Waals surface area (Å²) in [5.74, 6) is 0. The van der Waals surface area contributed by atoms with Gasteiger partial charge >= 0.3 is 0 Å². The Kier molecular flexibility index (Phi) is 6.68. The van der Waals surface area contributed by atoms with Gasteiger partial charge in [0.1, 0.15) is 0 Å². The largest absolute Gasteiger partial charge is 0.309 e. The highest BCUT2D eigenvalue weighted by Gasteiger charge is 2.47. The second-order valence-electron chi connectivity index (χ2n) is 16.3. The molecule has 0 saturated heterocycles. The van der Waals surface area contributed by atoms with Crippen LogP contribution in [0.25, 0.3) is 83.4 Å². The van der Waals surface area contributed by atoms with Crippen LogP contribution in [0.15, 0.2) is 170 Å². The van der Waals surface area contributed by atoms with Crippen molar-refractivity contribution in [1.29, 1.82) is 0 Å². The molecule has 9 aromatic rings. The predicted octanol–water partition coefficient (Wildman–Crippen LogP) is 13.8. The van der Waals surface area contributed by atoms with Gasteiger partial charge in [-0.25, -0.2) is 4.98 Å². The van der Waals surface area contributed by atoms with Gasteiger partial charge in [0.05, 0.1) is 22.4 Å². The first kappa shape index (κ1) is 32.0. The molecule has 2 aromatic heterocycles. The van der Waals surface area contributed by atoms with Gasteiger partial charge in [0.25, 0.3) is 0 Å². The van der Waals surface area contributed by atoms with Crippen molar-refractivity contribution in [3.8, 4) is 61.6 Å². The van der Waals surface area contributed by atoms with Crippen LogP contribution in [-0.4, -0.2) is 9.55 Å². The Labute approximate surface area is 322 Å². The lowest BCUT2D eigenvalue weighted by Gasteiger charge is -2.28. The minimum Gasteiger partial charge on any atom is -0.309 e. The molecule has 0 aliphatic heterocycles. The van der Waals surface area contributed by atoms with Crippen molar-refractivity contribution in [2.75, 3.05) is 0 Å². The predicted molar refractivity (Wildman–Crippen MR) is 230 cm³/mol. The van der Waals surface area contributed by atoms with E-state index in [1.54, 1.807) is 0 Å². The Balaban J connectivity index is 1.19. The zero-order valence-corrected chi connectivity index (χ0v) is 31.6. The Morgan fingerprint density at radius 3 is 1.56 bits per heavy atom. The summed E-state index contributed by atoms with van der Waals surface area (Å²) in [6.07, 6.45) is 0. The molecular formula is C53H40N2. The molecule has 0 atom stereocenters. The van der Waals surface area contributed by atoms with Crippen LogP contribution in [0.2, 0.25) is 0 Å². The molecule has 262 valence electrons. The molecule has 0 N–H and O–H groups in total. The van der Waals surface area contributed by atoms with E-state index in [0.717, 1.165) is 39.3 Å². The average Bonchev–Trinajstić information content (AvgIpc) is 3.78. The van der Waals surface area contributed by atoms with Crippen molar-refractivity contribution in [2.45, 2.75) is 38.5 Å². The summed E-state index contributed by atoms with van der Waals surface area (Å²) in [5, 5.41) is 2.66. The average molecular weight is 705 g/mol. The molecule has 0 saturated carbocycles. The fraction of sp³-hybridized carbons (Fsp3) is 0.113. The lowest BCUT2D eigenvalue weighted by atomic mass is 9.76. The minimum absolute atomic E-state index is 0.148. The fourth-order valence-electron chi connectivity index (χ4n) is 10.0. The molecule has 0 fully saturated rings. The lowest BCUT2D eigenvalue weighted by molar-refractivity contribution is 0.650. The van der Waals surface area contributed by atoms with Crippen molar-refractivity contribution in [2.24, 2.45) is 0 Å². The Morgan fingerprint density at radius 1 is 0.436 bits per heavy atom. The van der Waals surface area contributed by atoms with Gasteiger partial charge < -0.3 is 4.57 Å². The van der Waals surface area contributed by atoms with Crippen LogP contribution in [0, 0.1) is 0 Å². The van der Waals surface area contributed by atoms with Crippen LogP contribution >= 0.6 is 0 Å². The number of pyridine rings is 1. The van der Waals surface area contributed by atoms with Crippen molar-refractivity contribution in [3.63, 3.8) is 0 Å². The van der Waals surface area contributed by atoms with E-state index in [9.17, 15) is 0 Å². The molecule has 2 heterocycles. The number of hydrogen-bond donors (Lipinski definition) is 0. The molecule has 2 heteroatoms. The van der Waals surface area contributed by atoms with Crippen LogP contribution in [0.1, 0.15) is 49.9 Å².